The SMILES string of the molecule is C=CC(=O)N(C)c1ccc(C(=O)N2CCN(S(C)(=O)=O)CC2(C)C)cc1. The molecule has 1 saturated heterocycles. The number of hydrogen-bond acceptors (Lipinski definition) is 4. The Morgan fingerprint density at radius 3 is 2.23 bits per heavy atom. The van der Waals surface area contributed by atoms with Crippen molar-refractivity contribution in [1.82, 2.24) is 9.21 Å². The second kappa shape index (κ2) is 7.20. The van der Waals surface area contributed by atoms with E-state index >= 15 is 0 Å². The van der Waals surface area contributed by atoms with Crippen LogP contribution in [0.3, 0.4) is 0 Å². The number of carbonyl (C=O) groups excluding carboxylic acids is 2. The molecule has 2 amide bonds. The van der Waals surface area contributed by atoms with Crippen LogP contribution in [0.25, 0.3) is 0 Å². The predicted octanol–water partition coefficient (Wildman–Crippen LogP) is 1.33. The molecule has 0 aromatic heterocycles. The highest BCUT2D eigenvalue weighted by Crippen LogP contribution is 2.25. The second-order valence-electron chi connectivity index (χ2n) is 7.01. The van der Waals surface area contributed by atoms with E-state index in [0.717, 1.165) is 0 Å². The molecule has 8 heteroatoms. The van der Waals surface area contributed by atoms with Crippen molar-refractivity contribution < 1.29 is 18.0 Å². The third kappa shape index (κ3) is 4.13. The molecule has 2 rings (SSSR count). The summed E-state index contributed by atoms with van der Waals surface area (Å²) in [5.41, 5.74) is 0.536. The number of benzene rings is 1. The quantitative estimate of drug-likeness (QED) is 0.740. The lowest BCUT2D eigenvalue weighted by Crippen LogP contribution is -2.61. The van der Waals surface area contributed by atoms with E-state index in [2.05, 4.69) is 6.58 Å². The van der Waals surface area contributed by atoms with Gasteiger partial charge in [0, 0.05) is 37.9 Å². The van der Waals surface area contributed by atoms with E-state index in [0.29, 0.717) is 17.8 Å². The molecule has 0 unspecified atom stereocenters. The van der Waals surface area contributed by atoms with Crippen molar-refractivity contribution in [3.8, 4) is 0 Å². The summed E-state index contributed by atoms with van der Waals surface area (Å²) in [4.78, 5) is 27.7. The van der Waals surface area contributed by atoms with Gasteiger partial charge in [0.05, 0.1) is 11.8 Å². The second-order valence-corrected chi connectivity index (χ2v) is 9.00. The summed E-state index contributed by atoms with van der Waals surface area (Å²) < 4.78 is 25.0. The zero-order valence-corrected chi connectivity index (χ0v) is 16.4. The molecule has 142 valence electrons. The van der Waals surface area contributed by atoms with E-state index in [4.69, 9.17) is 0 Å². The lowest BCUT2D eigenvalue weighted by atomic mass is 9.98. The number of sulfonamides is 1. The van der Waals surface area contributed by atoms with Gasteiger partial charge in [0.2, 0.25) is 15.9 Å². The van der Waals surface area contributed by atoms with Gasteiger partial charge in [-0.15, -0.1) is 0 Å². The van der Waals surface area contributed by atoms with Crippen LogP contribution in [-0.2, 0) is 14.8 Å². The Kier molecular flexibility index (Phi) is 5.58. The van der Waals surface area contributed by atoms with Gasteiger partial charge in [-0.2, -0.15) is 4.31 Å². The standard InChI is InChI=1S/C18H25N3O4S/c1-6-16(22)19(4)15-9-7-14(8-10-15)17(23)21-12-11-20(26(5,24)25)13-18(21,2)3/h6-10H,1,11-13H2,2-5H3. The van der Waals surface area contributed by atoms with Gasteiger partial charge in [0.25, 0.3) is 5.91 Å². The van der Waals surface area contributed by atoms with Crippen LogP contribution in [0.4, 0.5) is 5.69 Å². The molecular weight excluding hydrogens is 354 g/mol. The van der Waals surface area contributed by atoms with Crippen molar-refractivity contribution in [1.29, 1.82) is 0 Å². The number of nitrogens with zero attached hydrogens (tertiary/aromatic N) is 3. The van der Waals surface area contributed by atoms with Crippen molar-refractivity contribution in [2.24, 2.45) is 0 Å². The summed E-state index contributed by atoms with van der Waals surface area (Å²) in [6.45, 7) is 8.03. The van der Waals surface area contributed by atoms with Crippen molar-refractivity contribution >= 4 is 27.5 Å². The summed E-state index contributed by atoms with van der Waals surface area (Å²) in [5, 5.41) is 0. The summed E-state index contributed by atoms with van der Waals surface area (Å²) in [7, 11) is -1.65. The molecule has 0 spiro atoms. The van der Waals surface area contributed by atoms with Crippen molar-refractivity contribution in [2.75, 3.05) is 37.8 Å². The van der Waals surface area contributed by atoms with E-state index in [9.17, 15) is 18.0 Å². The first-order chi connectivity index (χ1) is 12.0. The fourth-order valence-electron chi connectivity index (χ4n) is 3.02. The van der Waals surface area contributed by atoms with Gasteiger partial charge in [-0.3, -0.25) is 9.59 Å². The van der Waals surface area contributed by atoms with Crippen LogP contribution in [0, 0.1) is 0 Å². The Labute approximate surface area is 154 Å². The van der Waals surface area contributed by atoms with Gasteiger partial charge in [-0.25, -0.2) is 8.42 Å². The fraction of sp³-hybridized carbons (Fsp3) is 0.444. The Morgan fingerprint density at radius 2 is 1.77 bits per heavy atom. The van der Waals surface area contributed by atoms with Crippen LogP contribution < -0.4 is 4.90 Å². The van der Waals surface area contributed by atoms with E-state index in [1.807, 2.05) is 13.8 Å². The molecule has 1 fully saturated rings. The summed E-state index contributed by atoms with van der Waals surface area (Å²) >= 11 is 0. The number of hydrogen-bond donors (Lipinski definition) is 0. The van der Waals surface area contributed by atoms with E-state index in [-0.39, 0.29) is 24.9 Å². The normalized spacial score (nSPS) is 17.6. The minimum absolute atomic E-state index is 0.160. The third-order valence-corrected chi connectivity index (χ3v) is 5.84. The monoisotopic (exact) mass is 379 g/mol. The molecule has 0 radical (unpaired) electrons. The van der Waals surface area contributed by atoms with E-state index < -0.39 is 15.6 Å². The van der Waals surface area contributed by atoms with Crippen LogP contribution >= 0.6 is 0 Å². The van der Waals surface area contributed by atoms with E-state index in [1.165, 1.54) is 21.5 Å². The first kappa shape index (κ1) is 20.1. The lowest BCUT2D eigenvalue weighted by Gasteiger charge is -2.46. The van der Waals surface area contributed by atoms with Gasteiger partial charge >= 0.3 is 0 Å². The Hall–Kier alpha value is -2.19. The largest absolute Gasteiger partial charge is 0.331 e. The first-order valence-electron chi connectivity index (χ1n) is 8.24. The maximum absolute atomic E-state index is 12.9. The molecule has 1 aromatic rings. The number of rotatable bonds is 4. The van der Waals surface area contributed by atoms with Gasteiger partial charge in [-0.1, -0.05) is 6.58 Å². The molecule has 1 aromatic carbocycles. The Balaban J connectivity index is 2.19. The molecule has 1 aliphatic heterocycles. The number of likely N-dealkylation sites (N-methyl/N-ethyl adjacent to an activating group) is 1. The fourth-order valence-corrected chi connectivity index (χ4v) is 3.98. The van der Waals surface area contributed by atoms with Crippen molar-refractivity contribution in [2.45, 2.75) is 19.4 Å². The molecule has 1 heterocycles. The molecule has 0 aliphatic carbocycles. The van der Waals surface area contributed by atoms with Crippen LogP contribution in [0.5, 0.6) is 0 Å². The number of anilines is 1. The molecule has 0 saturated carbocycles. The highest BCUT2D eigenvalue weighted by Gasteiger charge is 2.39. The van der Waals surface area contributed by atoms with Gasteiger partial charge in [-0.05, 0) is 44.2 Å². The molecule has 26 heavy (non-hydrogen) atoms. The number of amides is 2. The van der Waals surface area contributed by atoms with Crippen LogP contribution in [0.15, 0.2) is 36.9 Å². The zero-order valence-electron chi connectivity index (χ0n) is 15.6. The highest BCUT2D eigenvalue weighted by molar-refractivity contribution is 7.88. The molecule has 7 nitrogen and oxygen atoms in total. The Morgan fingerprint density at radius 1 is 1.19 bits per heavy atom. The van der Waals surface area contributed by atoms with Crippen LogP contribution in [0.1, 0.15) is 24.2 Å². The number of piperazine rings is 1. The first-order valence-corrected chi connectivity index (χ1v) is 10.1. The molecule has 1 aliphatic rings. The van der Waals surface area contributed by atoms with Crippen LogP contribution in [0.2, 0.25) is 0 Å². The summed E-state index contributed by atoms with van der Waals surface area (Å²) in [6, 6.07) is 6.75. The smallest absolute Gasteiger partial charge is 0.254 e. The number of carbonyl (C=O) groups is 2. The highest BCUT2D eigenvalue weighted by atomic mass is 32.2. The third-order valence-electron chi connectivity index (χ3n) is 4.59. The summed E-state index contributed by atoms with van der Waals surface area (Å²) in [5.74, 6) is -0.394. The zero-order chi connectivity index (χ0) is 19.7. The molecule has 0 bridgehead atoms. The molecular formula is C18H25N3O4S. The average molecular weight is 379 g/mol. The topological polar surface area (TPSA) is 78.0 Å². The van der Waals surface area contributed by atoms with Crippen molar-refractivity contribution in [3.05, 3.63) is 42.5 Å². The molecule has 0 N–H and O–H groups in total. The minimum Gasteiger partial charge on any atom is -0.331 e. The lowest BCUT2D eigenvalue weighted by molar-refractivity contribution is -0.113. The summed E-state index contributed by atoms with van der Waals surface area (Å²) in [6.07, 6.45) is 2.41. The minimum atomic E-state index is -3.29. The van der Waals surface area contributed by atoms with Gasteiger partial charge < -0.3 is 9.80 Å². The maximum Gasteiger partial charge on any atom is 0.254 e. The van der Waals surface area contributed by atoms with E-state index in [1.54, 1.807) is 36.2 Å². The predicted molar refractivity (Wildman–Crippen MR) is 102 cm³/mol. The maximum atomic E-state index is 12.9. The van der Waals surface area contributed by atoms with Crippen LogP contribution in [-0.4, -0.2) is 67.9 Å². The van der Waals surface area contributed by atoms with Gasteiger partial charge in [0.1, 0.15) is 0 Å². The molecule has 0 atom stereocenters. The average Bonchev–Trinajstić information content (AvgIpc) is 2.58. The van der Waals surface area contributed by atoms with Gasteiger partial charge in [0.15, 0.2) is 0 Å². The Bertz CT molecular complexity index is 815. The van der Waals surface area contributed by atoms with Crippen molar-refractivity contribution in [3.63, 3.8) is 0 Å².